The molecule has 0 heterocycles. The summed E-state index contributed by atoms with van der Waals surface area (Å²) in [5, 5.41) is 8.90. The Hall–Kier alpha value is -0.210. The molecule has 0 aromatic carbocycles. The second kappa shape index (κ2) is 5.44. The summed E-state index contributed by atoms with van der Waals surface area (Å²) >= 11 is 0. The summed E-state index contributed by atoms with van der Waals surface area (Å²) in [4.78, 5) is 0. The molecule has 0 amide bonds. The highest BCUT2D eigenvalue weighted by atomic mass is 32.3. The van der Waals surface area contributed by atoms with Gasteiger partial charge in [0.1, 0.15) is 0 Å². The molecule has 0 bridgehead atoms. The predicted molar refractivity (Wildman–Crippen MR) is 43.7 cm³/mol. The molecule has 0 aromatic rings. The lowest BCUT2D eigenvalue weighted by molar-refractivity contribution is -0.124. The fourth-order valence-corrected chi connectivity index (χ4v) is 0.857. The Balaban J connectivity index is 0. The van der Waals surface area contributed by atoms with Gasteiger partial charge >= 0.3 is 10.4 Å². The maximum atomic E-state index is 9.98. The average Bonchev–Trinajstić information content (AvgIpc) is 1.88. The van der Waals surface area contributed by atoms with Gasteiger partial charge in [-0.25, -0.2) is 4.18 Å². The van der Waals surface area contributed by atoms with Gasteiger partial charge in [-0.15, -0.1) is 0 Å². The highest BCUT2D eigenvalue weighted by Crippen LogP contribution is 2.12. The van der Waals surface area contributed by atoms with Crippen LogP contribution in [0, 0.1) is 0 Å². The van der Waals surface area contributed by atoms with Gasteiger partial charge in [-0.1, -0.05) is 6.92 Å². The fraction of sp³-hybridized carbons (Fsp3) is 1.00. The van der Waals surface area contributed by atoms with Gasteiger partial charge in [0.15, 0.2) is 5.79 Å². The zero-order valence-corrected chi connectivity index (χ0v) is 8.13. The van der Waals surface area contributed by atoms with Crippen LogP contribution in [-0.2, 0) is 14.6 Å². The largest absolute Gasteiger partial charge is 0.400 e. The topological polar surface area (TPSA) is 110 Å². The third-order valence-electron chi connectivity index (χ3n) is 0.941. The van der Waals surface area contributed by atoms with E-state index in [0.717, 1.165) is 6.92 Å². The Kier molecular flexibility index (Phi) is 6.49. The van der Waals surface area contributed by atoms with Crippen LogP contribution in [0.1, 0.15) is 20.3 Å². The molecule has 0 rings (SSSR count). The Morgan fingerprint density at radius 2 is 1.83 bits per heavy atom. The summed E-state index contributed by atoms with van der Waals surface area (Å²) in [5.41, 5.74) is 4.50. The normalized spacial score (nSPS) is 15.8. The van der Waals surface area contributed by atoms with E-state index in [1.165, 1.54) is 14.0 Å². The van der Waals surface area contributed by atoms with Gasteiger partial charge in [0.25, 0.3) is 0 Å². The van der Waals surface area contributed by atoms with Crippen molar-refractivity contribution in [3.8, 4) is 0 Å². The van der Waals surface area contributed by atoms with Gasteiger partial charge in [0.05, 0.1) is 0 Å². The van der Waals surface area contributed by atoms with E-state index in [4.69, 9.17) is 9.66 Å². The van der Waals surface area contributed by atoms with Crippen LogP contribution < -0.4 is 5.73 Å². The molecule has 76 valence electrons. The van der Waals surface area contributed by atoms with Crippen molar-refractivity contribution in [2.24, 2.45) is 5.73 Å². The molecule has 0 aromatic heterocycles. The van der Waals surface area contributed by atoms with Crippen LogP contribution in [0.25, 0.3) is 0 Å². The van der Waals surface area contributed by atoms with Crippen LogP contribution in [0.15, 0.2) is 0 Å². The Bertz CT molecular complexity index is 198. The average molecular weight is 201 g/mol. The number of rotatable bonds is 3. The SMILES string of the molecule is CCC(C)(O)OS(=O)(=O)O.CN. The van der Waals surface area contributed by atoms with E-state index in [2.05, 4.69) is 9.92 Å². The molecule has 0 aliphatic heterocycles. The first-order valence-corrected chi connectivity index (χ1v) is 4.61. The molecule has 1 unspecified atom stereocenters. The lowest BCUT2D eigenvalue weighted by atomic mass is 10.3. The monoisotopic (exact) mass is 201 g/mol. The molecule has 0 aliphatic rings. The van der Waals surface area contributed by atoms with Gasteiger partial charge in [-0.05, 0) is 20.4 Å². The standard InChI is InChI=1S/C4H10O5S.CH5N/c1-3-4(2,5)9-10(6,7)8;1-2/h5H,3H2,1-2H3,(H,6,7,8);2H2,1H3. The summed E-state index contributed by atoms with van der Waals surface area (Å²) in [6, 6.07) is 0. The molecule has 0 fully saturated rings. The third-order valence-corrected chi connectivity index (χ3v) is 1.51. The summed E-state index contributed by atoms with van der Waals surface area (Å²) in [6.45, 7) is 2.66. The van der Waals surface area contributed by atoms with Gasteiger partial charge in [-0.2, -0.15) is 8.42 Å². The lowest BCUT2D eigenvalue weighted by Crippen LogP contribution is -2.29. The molecule has 1 atom stereocenters. The molecule has 0 saturated carbocycles. The van der Waals surface area contributed by atoms with E-state index in [-0.39, 0.29) is 6.42 Å². The van der Waals surface area contributed by atoms with Crippen molar-refractivity contribution in [3.05, 3.63) is 0 Å². The molecule has 7 heteroatoms. The molecular formula is C5H15NO5S. The predicted octanol–water partition coefficient (Wildman–Crippen LogP) is -0.501. The molecular weight excluding hydrogens is 186 g/mol. The highest BCUT2D eigenvalue weighted by Gasteiger charge is 2.24. The van der Waals surface area contributed by atoms with Crippen LogP contribution in [0.2, 0.25) is 0 Å². The minimum Gasteiger partial charge on any atom is -0.365 e. The zero-order chi connectivity index (χ0) is 10.4. The van der Waals surface area contributed by atoms with E-state index in [0.29, 0.717) is 0 Å². The maximum Gasteiger partial charge on any atom is 0.400 e. The van der Waals surface area contributed by atoms with Crippen LogP contribution >= 0.6 is 0 Å². The summed E-state index contributed by atoms with van der Waals surface area (Å²) < 4.78 is 31.9. The van der Waals surface area contributed by atoms with E-state index < -0.39 is 16.2 Å². The van der Waals surface area contributed by atoms with Crippen LogP contribution in [0.3, 0.4) is 0 Å². The summed E-state index contributed by atoms with van der Waals surface area (Å²) in [5.74, 6) is -1.81. The van der Waals surface area contributed by atoms with Crippen LogP contribution in [0.4, 0.5) is 0 Å². The van der Waals surface area contributed by atoms with Crippen molar-refractivity contribution >= 4 is 10.4 Å². The second-order valence-electron chi connectivity index (χ2n) is 2.04. The van der Waals surface area contributed by atoms with E-state index in [1.807, 2.05) is 0 Å². The van der Waals surface area contributed by atoms with Crippen molar-refractivity contribution in [1.82, 2.24) is 0 Å². The van der Waals surface area contributed by atoms with Crippen molar-refractivity contribution in [1.29, 1.82) is 0 Å². The van der Waals surface area contributed by atoms with Gasteiger partial charge < -0.3 is 10.8 Å². The fourth-order valence-electron chi connectivity index (χ4n) is 0.286. The van der Waals surface area contributed by atoms with Gasteiger partial charge in [0.2, 0.25) is 0 Å². The molecule has 0 saturated heterocycles. The minimum atomic E-state index is -4.54. The Morgan fingerprint density at radius 1 is 1.50 bits per heavy atom. The molecule has 12 heavy (non-hydrogen) atoms. The Labute approximate surface area is 72.3 Å². The van der Waals surface area contributed by atoms with Crippen molar-refractivity contribution in [2.75, 3.05) is 7.05 Å². The first kappa shape index (κ1) is 14.3. The number of hydrogen-bond acceptors (Lipinski definition) is 5. The van der Waals surface area contributed by atoms with E-state index in [1.54, 1.807) is 0 Å². The minimum absolute atomic E-state index is 0.0762. The Morgan fingerprint density at radius 3 is 1.92 bits per heavy atom. The summed E-state index contributed by atoms with van der Waals surface area (Å²) in [6.07, 6.45) is 0.0762. The molecule has 0 spiro atoms. The van der Waals surface area contributed by atoms with Crippen molar-refractivity contribution < 1.29 is 22.3 Å². The van der Waals surface area contributed by atoms with Gasteiger partial charge in [-0.3, -0.25) is 4.55 Å². The number of nitrogens with two attached hydrogens (primary N) is 1. The van der Waals surface area contributed by atoms with E-state index >= 15 is 0 Å². The summed E-state index contributed by atoms with van der Waals surface area (Å²) in [7, 11) is -3.04. The maximum absolute atomic E-state index is 9.98. The molecule has 6 nitrogen and oxygen atoms in total. The first-order chi connectivity index (χ1) is 5.27. The van der Waals surface area contributed by atoms with Crippen molar-refractivity contribution in [2.45, 2.75) is 26.1 Å². The van der Waals surface area contributed by atoms with Crippen LogP contribution in [-0.4, -0.2) is 30.9 Å². The molecule has 0 aliphatic carbocycles. The highest BCUT2D eigenvalue weighted by molar-refractivity contribution is 7.80. The van der Waals surface area contributed by atoms with Gasteiger partial charge in [0, 0.05) is 0 Å². The zero-order valence-electron chi connectivity index (χ0n) is 7.31. The van der Waals surface area contributed by atoms with E-state index in [9.17, 15) is 8.42 Å². The third kappa shape index (κ3) is 9.79. The second-order valence-corrected chi connectivity index (χ2v) is 3.06. The van der Waals surface area contributed by atoms with Crippen LogP contribution in [0.5, 0.6) is 0 Å². The van der Waals surface area contributed by atoms with Crippen molar-refractivity contribution in [3.63, 3.8) is 0 Å². The first-order valence-electron chi connectivity index (χ1n) is 3.25. The lowest BCUT2D eigenvalue weighted by Gasteiger charge is -2.17. The quantitative estimate of drug-likeness (QED) is 0.419. The molecule has 0 radical (unpaired) electrons. The smallest absolute Gasteiger partial charge is 0.365 e. The molecule has 4 N–H and O–H groups in total. The number of aliphatic hydroxyl groups is 1. The number of hydrogen-bond donors (Lipinski definition) is 3.